The number of nitrogen functional groups attached to an aromatic ring is 1. The van der Waals surface area contributed by atoms with Crippen molar-refractivity contribution in [3.05, 3.63) is 10.8 Å². The zero-order chi connectivity index (χ0) is 11.3. The van der Waals surface area contributed by atoms with Crippen molar-refractivity contribution >= 4 is 21.7 Å². The average Bonchev–Trinajstić information content (AvgIpc) is 2.20. The molecule has 0 amide bonds. The number of hydrazine groups is 1. The van der Waals surface area contributed by atoms with E-state index in [1.54, 1.807) is 0 Å². The summed E-state index contributed by atoms with van der Waals surface area (Å²) in [5.74, 6) is 6.25. The maximum Gasteiger partial charge on any atom is 0.233 e. The second-order valence-corrected chi connectivity index (χ2v) is 3.93. The number of anilines is 1. The third-order valence-corrected chi connectivity index (χ3v) is 2.39. The van der Waals surface area contributed by atoms with Crippen LogP contribution in [0.4, 0.5) is 5.82 Å². The van der Waals surface area contributed by atoms with Crippen LogP contribution in [0.2, 0.25) is 0 Å². The van der Waals surface area contributed by atoms with Gasteiger partial charge in [0, 0.05) is 6.54 Å². The molecule has 1 aromatic heterocycles. The molecule has 0 bridgehead atoms. The van der Waals surface area contributed by atoms with Gasteiger partial charge in [-0.15, -0.1) is 0 Å². The maximum atomic E-state index is 5.45. The largest absolute Gasteiger partial charge is 0.475 e. The van der Waals surface area contributed by atoms with Gasteiger partial charge in [-0.1, -0.05) is 0 Å². The molecule has 0 atom stereocenters. The number of hydrogen-bond acceptors (Lipinski definition) is 6. The van der Waals surface area contributed by atoms with E-state index in [0.29, 0.717) is 22.8 Å². The summed E-state index contributed by atoms with van der Waals surface area (Å²) in [6.07, 6.45) is 1.39. The first-order chi connectivity index (χ1) is 7.15. The van der Waals surface area contributed by atoms with Gasteiger partial charge in [0.1, 0.15) is 17.4 Å². The molecule has 7 heteroatoms. The molecule has 0 radical (unpaired) electrons. The second kappa shape index (κ2) is 5.84. The van der Waals surface area contributed by atoms with Gasteiger partial charge < -0.3 is 15.1 Å². The first-order valence-corrected chi connectivity index (χ1v) is 5.19. The van der Waals surface area contributed by atoms with Gasteiger partial charge in [-0.05, 0) is 30.0 Å². The summed E-state index contributed by atoms with van der Waals surface area (Å²) in [7, 11) is 3.95. The van der Waals surface area contributed by atoms with E-state index in [0.717, 1.165) is 6.54 Å². The fourth-order valence-corrected chi connectivity index (χ4v) is 1.31. The van der Waals surface area contributed by atoms with Gasteiger partial charge in [0.15, 0.2) is 5.82 Å². The van der Waals surface area contributed by atoms with Gasteiger partial charge in [-0.25, -0.2) is 15.8 Å². The molecule has 0 unspecified atom stereocenters. The molecule has 1 heterocycles. The predicted octanol–water partition coefficient (Wildman–Crippen LogP) is 0.465. The highest BCUT2D eigenvalue weighted by molar-refractivity contribution is 9.10. The highest BCUT2D eigenvalue weighted by Crippen LogP contribution is 2.27. The molecule has 0 aliphatic rings. The number of nitrogens with zero attached hydrogens (tertiary/aromatic N) is 3. The van der Waals surface area contributed by atoms with Crippen LogP contribution in [-0.2, 0) is 0 Å². The lowest BCUT2D eigenvalue weighted by Gasteiger charge is -2.12. The van der Waals surface area contributed by atoms with Gasteiger partial charge >= 0.3 is 0 Å². The molecule has 1 rings (SSSR count). The highest BCUT2D eigenvalue weighted by atomic mass is 79.9. The Balaban J connectivity index is 2.61. The highest BCUT2D eigenvalue weighted by Gasteiger charge is 2.08. The Morgan fingerprint density at radius 3 is 2.87 bits per heavy atom. The molecule has 1 aromatic rings. The number of halogens is 1. The summed E-state index contributed by atoms with van der Waals surface area (Å²) in [5.41, 5.74) is 2.45. The summed E-state index contributed by atoms with van der Waals surface area (Å²) in [6.45, 7) is 1.38. The lowest BCUT2D eigenvalue weighted by atomic mass is 10.5. The van der Waals surface area contributed by atoms with Gasteiger partial charge in [-0.3, -0.25) is 0 Å². The molecule has 0 aliphatic carbocycles. The summed E-state index contributed by atoms with van der Waals surface area (Å²) >= 11 is 3.30. The zero-order valence-electron chi connectivity index (χ0n) is 8.70. The van der Waals surface area contributed by atoms with Crippen LogP contribution in [0.25, 0.3) is 0 Å². The summed E-state index contributed by atoms with van der Waals surface area (Å²) in [6, 6.07) is 0. The number of ether oxygens (including phenoxy) is 1. The number of rotatable bonds is 5. The molecular formula is C8H14BrN5O. The van der Waals surface area contributed by atoms with Crippen LogP contribution in [0.15, 0.2) is 10.8 Å². The van der Waals surface area contributed by atoms with E-state index in [1.165, 1.54) is 6.33 Å². The summed E-state index contributed by atoms with van der Waals surface area (Å²) in [5, 5.41) is 0. The second-order valence-electron chi connectivity index (χ2n) is 3.14. The van der Waals surface area contributed by atoms with Crippen LogP contribution in [-0.4, -0.2) is 42.1 Å². The average molecular weight is 276 g/mol. The third-order valence-electron chi connectivity index (χ3n) is 1.67. The van der Waals surface area contributed by atoms with Crippen LogP contribution < -0.4 is 16.0 Å². The fourth-order valence-electron chi connectivity index (χ4n) is 0.880. The number of nitrogens with two attached hydrogens (primary N) is 1. The van der Waals surface area contributed by atoms with Crippen LogP contribution in [0.3, 0.4) is 0 Å². The fraction of sp³-hybridized carbons (Fsp3) is 0.500. The SMILES string of the molecule is CN(C)CCOc1ncnc(NN)c1Br. The molecule has 0 fully saturated rings. The van der Waals surface area contributed by atoms with E-state index >= 15 is 0 Å². The molecule has 0 aromatic carbocycles. The molecule has 84 valence electrons. The van der Waals surface area contributed by atoms with Crippen LogP contribution >= 0.6 is 15.9 Å². The maximum absolute atomic E-state index is 5.45. The van der Waals surface area contributed by atoms with Crippen molar-refractivity contribution in [2.45, 2.75) is 0 Å². The standard InChI is InChI=1S/C8H14BrN5O/c1-14(2)3-4-15-8-6(9)7(13-10)11-5-12-8/h5H,3-4,10H2,1-2H3,(H,11,12,13). The number of aromatic nitrogens is 2. The van der Waals surface area contributed by atoms with Crippen molar-refractivity contribution in [1.29, 1.82) is 0 Å². The third kappa shape index (κ3) is 3.61. The van der Waals surface area contributed by atoms with E-state index in [2.05, 4.69) is 31.3 Å². The van der Waals surface area contributed by atoms with Crippen molar-refractivity contribution in [1.82, 2.24) is 14.9 Å². The Kier molecular flexibility index (Phi) is 4.73. The summed E-state index contributed by atoms with van der Waals surface area (Å²) in [4.78, 5) is 9.93. The molecule has 0 saturated heterocycles. The lowest BCUT2D eigenvalue weighted by Crippen LogP contribution is -2.20. The van der Waals surface area contributed by atoms with Crippen LogP contribution in [0, 0.1) is 0 Å². The van der Waals surface area contributed by atoms with E-state index < -0.39 is 0 Å². The van der Waals surface area contributed by atoms with E-state index in [4.69, 9.17) is 10.6 Å². The van der Waals surface area contributed by atoms with Crippen molar-refractivity contribution in [3.8, 4) is 5.88 Å². The Bertz CT molecular complexity index is 320. The van der Waals surface area contributed by atoms with Crippen molar-refractivity contribution in [2.24, 2.45) is 5.84 Å². The number of hydrogen-bond donors (Lipinski definition) is 2. The van der Waals surface area contributed by atoms with Crippen molar-refractivity contribution in [2.75, 3.05) is 32.7 Å². The minimum atomic E-state index is 0.486. The van der Waals surface area contributed by atoms with Gasteiger partial charge in [0.05, 0.1) is 0 Å². The number of likely N-dealkylation sites (N-methyl/N-ethyl adjacent to an activating group) is 1. The molecule has 0 saturated carbocycles. The molecular weight excluding hydrogens is 262 g/mol. The van der Waals surface area contributed by atoms with E-state index in [9.17, 15) is 0 Å². The molecule has 0 aliphatic heterocycles. The Morgan fingerprint density at radius 1 is 1.53 bits per heavy atom. The van der Waals surface area contributed by atoms with Crippen LogP contribution in [0.1, 0.15) is 0 Å². The minimum Gasteiger partial charge on any atom is -0.475 e. The molecule has 3 N–H and O–H groups in total. The van der Waals surface area contributed by atoms with Crippen molar-refractivity contribution < 1.29 is 4.74 Å². The predicted molar refractivity (Wildman–Crippen MR) is 61.6 cm³/mol. The Hall–Kier alpha value is -0.920. The minimum absolute atomic E-state index is 0.486. The molecule has 0 spiro atoms. The van der Waals surface area contributed by atoms with Gasteiger partial charge in [0.25, 0.3) is 0 Å². The molecule has 15 heavy (non-hydrogen) atoms. The summed E-state index contributed by atoms with van der Waals surface area (Å²) < 4.78 is 6.09. The Morgan fingerprint density at radius 2 is 2.27 bits per heavy atom. The van der Waals surface area contributed by atoms with Crippen LogP contribution in [0.5, 0.6) is 5.88 Å². The smallest absolute Gasteiger partial charge is 0.233 e. The number of nitrogens with one attached hydrogen (secondary N) is 1. The normalized spacial score (nSPS) is 10.5. The Labute approximate surface area is 96.9 Å². The van der Waals surface area contributed by atoms with E-state index in [1.807, 2.05) is 19.0 Å². The zero-order valence-corrected chi connectivity index (χ0v) is 10.3. The molecule has 6 nitrogen and oxygen atoms in total. The first kappa shape index (κ1) is 12.2. The van der Waals surface area contributed by atoms with Crippen molar-refractivity contribution in [3.63, 3.8) is 0 Å². The van der Waals surface area contributed by atoms with Gasteiger partial charge in [-0.2, -0.15) is 0 Å². The van der Waals surface area contributed by atoms with E-state index in [-0.39, 0.29) is 0 Å². The first-order valence-electron chi connectivity index (χ1n) is 4.39. The quantitative estimate of drug-likeness (QED) is 0.601. The topological polar surface area (TPSA) is 76.3 Å². The lowest BCUT2D eigenvalue weighted by molar-refractivity contribution is 0.252. The van der Waals surface area contributed by atoms with Gasteiger partial charge in [0.2, 0.25) is 5.88 Å². The monoisotopic (exact) mass is 275 g/mol.